The highest BCUT2D eigenvalue weighted by atomic mass is 32.2. The van der Waals surface area contributed by atoms with Gasteiger partial charge in [-0.3, -0.25) is 5.32 Å². The van der Waals surface area contributed by atoms with Crippen LogP contribution in [0.25, 0.3) is 10.8 Å². The zero-order valence-electron chi connectivity index (χ0n) is 67.6. The van der Waals surface area contributed by atoms with Crippen LogP contribution in [0.15, 0.2) is 84.9 Å². The first-order chi connectivity index (χ1) is 44.4. The number of thioether (sulfide) groups is 2. The summed E-state index contributed by atoms with van der Waals surface area (Å²) in [6, 6.07) is 28.7. The summed E-state index contributed by atoms with van der Waals surface area (Å²) in [4.78, 5) is 14.8. The molecule has 0 aromatic heterocycles. The van der Waals surface area contributed by atoms with Crippen molar-refractivity contribution in [3.8, 4) is 0 Å². The topological polar surface area (TPSA) is 123 Å². The van der Waals surface area contributed by atoms with E-state index in [0.717, 1.165) is 79.0 Å². The van der Waals surface area contributed by atoms with Gasteiger partial charge in [-0.15, -0.1) is 0 Å². The van der Waals surface area contributed by atoms with E-state index < -0.39 is 0 Å². The Hall–Kier alpha value is -2.43. The lowest BCUT2D eigenvalue weighted by Gasteiger charge is -2.10. The number of amides is 1. The molecule has 10 rings (SSSR count). The molecule has 0 atom stereocenters. The van der Waals surface area contributed by atoms with Gasteiger partial charge in [0, 0.05) is 56.0 Å². The fourth-order valence-electron chi connectivity index (χ4n) is 4.63. The van der Waals surface area contributed by atoms with Crippen LogP contribution in [-0.4, -0.2) is 109 Å². The highest BCUT2D eigenvalue weighted by Crippen LogP contribution is 2.20. The molecule has 5 N–H and O–H groups in total. The molecule has 3 aromatic carbocycles. The number of carbonyl (C=O) groups is 1. The predicted molar refractivity (Wildman–Crippen MR) is 427 cm³/mol. The van der Waals surface area contributed by atoms with Crippen LogP contribution < -0.4 is 26.7 Å². The fraction of sp³-hybridized carbons (Fsp3) is 0.776. The number of ether oxygens (including phenoxy) is 4. The van der Waals surface area contributed by atoms with Crippen molar-refractivity contribution in [3.05, 3.63) is 84.9 Å². The molecule has 550 valence electrons. The van der Waals surface area contributed by atoms with Crippen LogP contribution in [0, 0.1) is 0 Å². The highest BCUT2D eigenvalue weighted by molar-refractivity contribution is 8.19. The van der Waals surface area contributed by atoms with E-state index in [1.807, 2.05) is 309 Å². The van der Waals surface area contributed by atoms with E-state index in [2.05, 4.69) is 80.0 Å². The lowest BCUT2D eigenvalue weighted by Crippen LogP contribution is -2.31. The molecule has 7 aliphatic rings. The number of benzene rings is 3. The minimum atomic E-state index is -0.286. The molecule has 1 amide bonds. The number of rotatable bonds is 0. The van der Waals surface area contributed by atoms with Crippen molar-refractivity contribution >= 4 is 40.4 Å². The third-order valence-electron chi connectivity index (χ3n) is 7.46. The number of hydrogen-bond acceptors (Lipinski definition) is 12. The molecule has 0 spiro atoms. The molecule has 7 fully saturated rings. The van der Waals surface area contributed by atoms with Crippen molar-refractivity contribution in [3.63, 3.8) is 0 Å². The van der Waals surface area contributed by atoms with Crippen LogP contribution in [0.2, 0.25) is 0 Å². The van der Waals surface area contributed by atoms with Crippen molar-refractivity contribution in [1.29, 1.82) is 0 Å². The monoisotopic (exact) mass is 1320 g/mol. The molecule has 1 aliphatic carbocycles. The summed E-state index contributed by atoms with van der Waals surface area (Å²) in [7, 11) is 0. The molecule has 6 heterocycles. The Morgan fingerprint density at radius 1 is 0.326 bits per heavy atom. The molecule has 6 saturated heterocycles. The van der Waals surface area contributed by atoms with Crippen molar-refractivity contribution in [2.75, 3.05) is 103 Å². The Labute approximate surface area is 574 Å². The first-order valence-corrected chi connectivity index (χ1v) is 39.4. The second kappa shape index (κ2) is 198. The average molecular weight is 1320 g/mol. The summed E-state index contributed by atoms with van der Waals surface area (Å²) in [6.45, 7) is 83.3. The minimum absolute atomic E-state index is 0.286. The fourth-order valence-corrected chi connectivity index (χ4v) is 6.99. The Bertz CT molecular complexity index is 970. The second-order valence-electron chi connectivity index (χ2n) is 11.9. The maximum absolute atomic E-state index is 10.1. The Kier molecular flexibility index (Phi) is 292. The van der Waals surface area contributed by atoms with Gasteiger partial charge in [-0.25, -0.2) is 10.3 Å². The third-order valence-corrected chi connectivity index (χ3v) is 10.0. The Morgan fingerprint density at radius 2 is 0.652 bits per heavy atom. The number of alkyl carbamates (subject to hydrolysis) is 1. The third kappa shape index (κ3) is 168. The van der Waals surface area contributed by atoms with Gasteiger partial charge in [0.25, 0.3) is 0 Å². The zero-order valence-corrected chi connectivity index (χ0v) is 69.2. The standard InChI is InChI=1S/C10H8.C6H6.C5H10.C4H7NO2.C3H8N2.2C3H7NO.C3H6O2.C3H6S2.18C2H6/c1-2-6-10-8-4-3-7-9(10)5-1;1-2-4-6-5-3-1;1-2-4-5-3-1;6-4-5-2-1-3-7-4;2*1-2-5-3-4-1;1-2-4-5-3-1;2*1-2-5-3-4-1;18*1-2/h1-8H;1-6H;1-5H2;1-3H2,(H,5,6);4-5H,1-3H2;2*4H,1-3H2;2*1-3H2;18*1-2H3. The largest absolute Gasteiger partial charge is 0.449 e. The van der Waals surface area contributed by atoms with Gasteiger partial charge < -0.3 is 39.7 Å². The summed E-state index contributed by atoms with van der Waals surface area (Å²) < 4.78 is 18.8. The molecule has 11 nitrogen and oxygen atoms in total. The molecular formula is C76H173N5O6S2. The molecule has 0 radical (unpaired) electrons. The van der Waals surface area contributed by atoms with Gasteiger partial charge in [0.15, 0.2) is 0 Å². The number of fused-ring (bicyclic) bond motifs is 1. The van der Waals surface area contributed by atoms with E-state index in [1.165, 1.54) is 65.9 Å². The van der Waals surface area contributed by atoms with Crippen molar-refractivity contribution in [1.82, 2.24) is 26.7 Å². The smallest absolute Gasteiger partial charge is 0.407 e. The predicted octanol–water partition coefficient (Wildman–Crippen LogP) is 25.1. The molecular weight excluding hydrogens is 1140 g/mol. The second-order valence-corrected chi connectivity index (χ2v) is 14.5. The highest BCUT2D eigenvalue weighted by Gasteiger charge is 2.04. The maximum atomic E-state index is 10.1. The quantitative estimate of drug-likeness (QED) is 0.147. The van der Waals surface area contributed by atoms with Gasteiger partial charge in [-0.2, -0.15) is 23.5 Å². The van der Waals surface area contributed by atoms with E-state index in [0.29, 0.717) is 13.4 Å². The van der Waals surface area contributed by atoms with E-state index in [4.69, 9.17) is 19.0 Å². The van der Waals surface area contributed by atoms with Crippen LogP contribution in [0.1, 0.15) is 294 Å². The van der Waals surface area contributed by atoms with Gasteiger partial charge in [0.1, 0.15) is 6.79 Å². The van der Waals surface area contributed by atoms with E-state index in [-0.39, 0.29) is 6.09 Å². The van der Waals surface area contributed by atoms with Crippen molar-refractivity contribution in [2.24, 2.45) is 0 Å². The van der Waals surface area contributed by atoms with Gasteiger partial charge in [-0.05, 0) is 23.6 Å². The summed E-state index contributed by atoms with van der Waals surface area (Å²) in [5, 5.41) is 15.7. The molecule has 0 unspecified atom stereocenters. The van der Waals surface area contributed by atoms with Crippen LogP contribution in [-0.2, 0) is 23.8 Å². The lowest BCUT2D eigenvalue weighted by molar-refractivity contribution is 0.0692. The number of cyclic esters (lactones) is 1. The van der Waals surface area contributed by atoms with E-state index >= 15 is 0 Å². The van der Waals surface area contributed by atoms with Crippen molar-refractivity contribution in [2.45, 2.75) is 294 Å². The van der Waals surface area contributed by atoms with Crippen molar-refractivity contribution < 1.29 is 28.6 Å². The molecule has 6 aliphatic heterocycles. The van der Waals surface area contributed by atoms with Crippen LogP contribution >= 0.6 is 23.5 Å². The molecule has 0 bridgehead atoms. The summed E-state index contributed by atoms with van der Waals surface area (Å²) in [5.41, 5.74) is 2.72. The Balaban J connectivity index is -0.0000000413. The summed E-state index contributed by atoms with van der Waals surface area (Å²) >= 11 is 4.07. The van der Waals surface area contributed by atoms with Crippen LogP contribution in [0.5, 0.6) is 0 Å². The van der Waals surface area contributed by atoms with Crippen LogP contribution in [0.3, 0.4) is 0 Å². The number of nitrogens with one attached hydrogen (secondary N) is 5. The average Bonchev–Trinajstić information content (AvgIpc) is 4.60. The van der Waals surface area contributed by atoms with Gasteiger partial charge in [0.05, 0.1) is 39.8 Å². The normalized spacial score (nSPS) is 12.6. The molecule has 89 heavy (non-hydrogen) atoms. The van der Waals surface area contributed by atoms with Gasteiger partial charge >= 0.3 is 6.09 Å². The molecule has 3 aromatic rings. The van der Waals surface area contributed by atoms with Crippen LogP contribution in [0.4, 0.5) is 4.79 Å². The minimum Gasteiger partial charge on any atom is -0.449 e. The van der Waals surface area contributed by atoms with Gasteiger partial charge in [-0.1, -0.05) is 366 Å². The lowest BCUT2D eigenvalue weighted by atomic mass is 10.1. The SMILES string of the molecule is C1CCCC1.C1CNCN1.C1CNOC1.C1COCN1.C1COCO1.C1CSCS1.CC.CC.CC.CC.CC.CC.CC.CC.CC.CC.CC.CC.CC.CC.CC.CC.CC.CC.O=C1NCCCO1.c1ccc2ccccc2c1.c1ccccc1. The van der Waals surface area contributed by atoms with E-state index in [1.54, 1.807) is 0 Å². The summed E-state index contributed by atoms with van der Waals surface area (Å²) in [6.07, 6.45) is 9.32. The first kappa shape index (κ1) is 131. The Morgan fingerprint density at radius 3 is 0.787 bits per heavy atom. The first-order valence-electron chi connectivity index (χ1n) is 37.1. The number of carbonyl (C=O) groups excluding carboxylic acids is 1. The van der Waals surface area contributed by atoms with Gasteiger partial charge in [0.2, 0.25) is 0 Å². The van der Waals surface area contributed by atoms with E-state index in [9.17, 15) is 4.79 Å². The summed E-state index contributed by atoms with van der Waals surface area (Å²) in [5.74, 6) is 2.76. The maximum Gasteiger partial charge on any atom is 0.407 e. The number of hydrogen-bond donors (Lipinski definition) is 5. The zero-order chi connectivity index (χ0) is 73.4. The molecule has 13 heteroatoms. The molecule has 1 saturated carbocycles. The number of hydroxylamine groups is 1.